The lowest BCUT2D eigenvalue weighted by atomic mass is 9.83. The molecule has 1 heterocycles. The third-order valence-electron chi connectivity index (χ3n) is 3.72. The van der Waals surface area contributed by atoms with Crippen LogP contribution in [0.5, 0.6) is 0 Å². The summed E-state index contributed by atoms with van der Waals surface area (Å²) in [5.74, 6) is 0.755. The number of aromatic nitrogens is 1. The van der Waals surface area contributed by atoms with Crippen molar-refractivity contribution in [2.45, 2.75) is 32.1 Å². The fourth-order valence-corrected chi connectivity index (χ4v) is 3.26. The van der Waals surface area contributed by atoms with Crippen LogP contribution in [0.1, 0.15) is 37.0 Å². The van der Waals surface area contributed by atoms with E-state index in [-0.39, 0.29) is 0 Å². The van der Waals surface area contributed by atoms with E-state index >= 15 is 0 Å². The molecule has 0 spiro atoms. The Hall–Kier alpha value is -0.710. The van der Waals surface area contributed by atoms with Gasteiger partial charge in [0.2, 0.25) is 0 Å². The van der Waals surface area contributed by atoms with Gasteiger partial charge in [0.15, 0.2) is 0 Å². The van der Waals surface area contributed by atoms with Gasteiger partial charge in [0.05, 0.1) is 12.1 Å². The number of nitrogens with zero attached hydrogens (tertiary/aromatic N) is 1. The Balaban J connectivity index is 1.95. The first-order valence-electron chi connectivity index (χ1n) is 7.19. The minimum atomic E-state index is 0.755. The molecule has 0 bridgehead atoms. The van der Waals surface area contributed by atoms with Gasteiger partial charge >= 0.3 is 0 Å². The normalized spacial score (nSPS) is 17.8. The summed E-state index contributed by atoms with van der Waals surface area (Å²) in [6, 6.07) is 0. The van der Waals surface area contributed by atoms with Gasteiger partial charge in [-0.2, -0.15) is 0 Å². The second kappa shape index (κ2) is 8.46. The minimum absolute atomic E-state index is 0.755. The molecule has 1 N–H and O–H groups in total. The van der Waals surface area contributed by atoms with E-state index in [1.54, 1.807) is 24.0 Å². The van der Waals surface area contributed by atoms with Crippen LogP contribution in [0, 0.1) is 5.92 Å². The molecule has 0 amide bonds. The fourth-order valence-electron chi connectivity index (χ4n) is 2.67. The van der Waals surface area contributed by atoms with Gasteiger partial charge in [0.1, 0.15) is 0 Å². The van der Waals surface area contributed by atoms with Crippen LogP contribution in [-0.4, -0.2) is 31.8 Å². The first-order chi connectivity index (χ1) is 9.40. The van der Waals surface area contributed by atoms with E-state index < -0.39 is 0 Å². The lowest BCUT2D eigenvalue weighted by Crippen LogP contribution is -2.25. The standard InChI is InChI=1S/C15H24N2OS/c1-18-8-7-16-10-14(9-15-11-17-12-19-15)13-5-3-2-4-6-13/h9,11-13,16H,2-8,10H2,1H3. The summed E-state index contributed by atoms with van der Waals surface area (Å²) in [4.78, 5) is 5.44. The Morgan fingerprint density at radius 1 is 1.47 bits per heavy atom. The van der Waals surface area contributed by atoms with Crippen LogP contribution in [0.25, 0.3) is 6.08 Å². The van der Waals surface area contributed by atoms with E-state index in [0.29, 0.717) is 0 Å². The molecule has 2 rings (SSSR count). The van der Waals surface area contributed by atoms with Crippen LogP contribution in [0.15, 0.2) is 17.3 Å². The second-order valence-corrected chi connectivity index (χ2v) is 6.05. The largest absolute Gasteiger partial charge is 0.383 e. The van der Waals surface area contributed by atoms with Crippen molar-refractivity contribution < 1.29 is 4.74 Å². The summed E-state index contributed by atoms with van der Waals surface area (Å²) >= 11 is 1.72. The predicted octanol–water partition coefficient (Wildman–Crippen LogP) is 3.34. The molecule has 4 heteroatoms. The molecule has 1 fully saturated rings. The minimum Gasteiger partial charge on any atom is -0.383 e. The molecule has 1 aromatic heterocycles. The Morgan fingerprint density at radius 2 is 2.32 bits per heavy atom. The molecule has 0 aromatic carbocycles. The summed E-state index contributed by atoms with van der Waals surface area (Å²) < 4.78 is 5.09. The zero-order valence-corrected chi connectivity index (χ0v) is 12.5. The molecule has 0 unspecified atom stereocenters. The van der Waals surface area contributed by atoms with Gasteiger partial charge in [0, 0.05) is 31.3 Å². The summed E-state index contributed by atoms with van der Waals surface area (Å²) in [6.45, 7) is 2.67. The molecular weight excluding hydrogens is 256 g/mol. The van der Waals surface area contributed by atoms with Crippen molar-refractivity contribution in [1.29, 1.82) is 0 Å². The molecule has 1 aliphatic rings. The first kappa shape index (κ1) is 14.7. The van der Waals surface area contributed by atoms with Crippen LogP contribution in [0.4, 0.5) is 0 Å². The average Bonchev–Trinajstić information content (AvgIpc) is 2.96. The van der Waals surface area contributed by atoms with Gasteiger partial charge in [-0.3, -0.25) is 4.98 Å². The van der Waals surface area contributed by atoms with Gasteiger partial charge in [0.25, 0.3) is 0 Å². The Bertz CT molecular complexity index is 370. The summed E-state index contributed by atoms with van der Waals surface area (Å²) in [5, 5.41) is 3.49. The third kappa shape index (κ3) is 5.05. The van der Waals surface area contributed by atoms with Gasteiger partial charge in [-0.15, -0.1) is 11.3 Å². The van der Waals surface area contributed by atoms with Crippen LogP contribution in [-0.2, 0) is 4.74 Å². The maximum Gasteiger partial charge on any atom is 0.0797 e. The quantitative estimate of drug-likeness (QED) is 0.778. The van der Waals surface area contributed by atoms with Crippen LogP contribution >= 0.6 is 11.3 Å². The molecule has 1 saturated carbocycles. The molecule has 0 aliphatic heterocycles. The number of methoxy groups -OCH3 is 1. The molecule has 0 atom stereocenters. The number of ether oxygens (including phenoxy) is 1. The highest BCUT2D eigenvalue weighted by atomic mass is 32.1. The van der Waals surface area contributed by atoms with Crippen molar-refractivity contribution in [3.8, 4) is 0 Å². The van der Waals surface area contributed by atoms with Crippen molar-refractivity contribution in [3.63, 3.8) is 0 Å². The zero-order valence-electron chi connectivity index (χ0n) is 11.7. The highest BCUT2D eigenvalue weighted by Crippen LogP contribution is 2.30. The zero-order chi connectivity index (χ0) is 13.3. The summed E-state index contributed by atoms with van der Waals surface area (Å²) in [6.07, 6.45) is 11.1. The molecule has 106 valence electrons. The van der Waals surface area contributed by atoms with E-state index in [4.69, 9.17) is 4.74 Å². The van der Waals surface area contributed by atoms with E-state index in [1.807, 2.05) is 11.7 Å². The topological polar surface area (TPSA) is 34.1 Å². The third-order valence-corrected chi connectivity index (χ3v) is 4.44. The van der Waals surface area contributed by atoms with Gasteiger partial charge < -0.3 is 10.1 Å². The Kier molecular flexibility index (Phi) is 6.54. The summed E-state index contributed by atoms with van der Waals surface area (Å²) in [5.41, 5.74) is 3.45. The van der Waals surface area contributed by atoms with Crippen molar-refractivity contribution in [2.24, 2.45) is 5.92 Å². The van der Waals surface area contributed by atoms with E-state index in [2.05, 4.69) is 16.4 Å². The monoisotopic (exact) mass is 280 g/mol. The number of nitrogens with one attached hydrogen (secondary N) is 1. The van der Waals surface area contributed by atoms with Crippen LogP contribution in [0.2, 0.25) is 0 Å². The highest BCUT2D eigenvalue weighted by molar-refractivity contribution is 7.10. The SMILES string of the molecule is COCCNCC(=Cc1cncs1)C1CCCCC1. The van der Waals surface area contributed by atoms with E-state index in [0.717, 1.165) is 25.6 Å². The second-order valence-electron chi connectivity index (χ2n) is 5.13. The highest BCUT2D eigenvalue weighted by Gasteiger charge is 2.17. The van der Waals surface area contributed by atoms with Gasteiger partial charge in [-0.25, -0.2) is 0 Å². The van der Waals surface area contributed by atoms with Crippen molar-refractivity contribution in [2.75, 3.05) is 26.8 Å². The number of hydrogen-bond acceptors (Lipinski definition) is 4. The maximum absolute atomic E-state index is 5.09. The van der Waals surface area contributed by atoms with Crippen LogP contribution < -0.4 is 5.32 Å². The van der Waals surface area contributed by atoms with Crippen molar-refractivity contribution in [1.82, 2.24) is 10.3 Å². The van der Waals surface area contributed by atoms with Crippen molar-refractivity contribution in [3.05, 3.63) is 22.2 Å². The fraction of sp³-hybridized carbons (Fsp3) is 0.667. The molecular formula is C15H24N2OS. The van der Waals surface area contributed by atoms with E-state index in [9.17, 15) is 0 Å². The Morgan fingerprint density at radius 3 is 3.00 bits per heavy atom. The smallest absolute Gasteiger partial charge is 0.0797 e. The molecule has 3 nitrogen and oxygen atoms in total. The number of rotatable bonds is 7. The predicted molar refractivity (Wildman–Crippen MR) is 81.4 cm³/mol. The summed E-state index contributed by atoms with van der Waals surface area (Å²) in [7, 11) is 1.75. The van der Waals surface area contributed by atoms with E-state index in [1.165, 1.54) is 37.0 Å². The first-order valence-corrected chi connectivity index (χ1v) is 8.06. The van der Waals surface area contributed by atoms with Gasteiger partial charge in [-0.1, -0.05) is 24.8 Å². The molecule has 19 heavy (non-hydrogen) atoms. The maximum atomic E-state index is 5.09. The Labute approximate surface area is 120 Å². The molecule has 1 aliphatic carbocycles. The molecule has 0 radical (unpaired) electrons. The average molecular weight is 280 g/mol. The lowest BCUT2D eigenvalue weighted by Gasteiger charge is -2.25. The molecule has 1 aromatic rings. The number of thiazole rings is 1. The van der Waals surface area contributed by atoms with Crippen LogP contribution in [0.3, 0.4) is 0 Å². The van der Waals surface area contributed by atoms with Crippen molar-refractivity contribution >= 4 is 17.4 Å². The van der Waals surface area contributed by atoms with Gasteiger partial charge in [-0.05, 0) is 24.8 Å². The molecule has 0 saturated heterocycles. The lowest BCUT2D eigenvalue weighted by molar-refractivity contribution is 0.200. The number of hydrogen-bond donors (Lipinski definition) is 1.